The lowest BCUT2D eigenvalue weighted by Crippen LogP contribution is -2.19. The summed E-state index contributed by atoms with van der Waals surface area (Å²) < 4.78 is 0. The van der Waals surface area contributed by atoms with E-state index >= 15 is 0 Å². The van der Waals surface area contributed by atoms with Gasteiger partial charge in [0.2, 0.25) is 0 Å². The van der Waals surface area contributed by atoms with Crippen LogP contribution in [-0.2, 0) is 0 Å². The summed E-state index contributed by atoms with van der Waals surface area (Å²) in [6.07, 6.45) is 9.98. The van der Waals surface area contributed by atoms with E-state index in [4.69, 9.17) is 0 Å². The lowest BCUT2D eigenvalue weighted by Gasteiger charge is -2.16. The molecule has 0 saturated heterocycles. The van der Waals surface area contributed by atoms with Crippen molar-refractivity contribution in [3.05, 3.63) is 36.0 Å². The zero-order chi connectivity index (χ0) is 12.6. The van der Waals surface area contributed by atoms with E-state index in [0.717, 1.165) is 25.7 Å². The van der Waals surface area contributed by atoms with Crippen molar-refractivity contribution in [1.29, 1.82) is 0 Å². The molecule has 0 aliphatic carbocycles. The van der Waals surface area contributed by atoms with E-state index in [1.54, 1.807) is 13.0 Å². The minimum atomic E-state index is -0.726. The van der Waals surface area contributed by atoms with Crippen molar-refractivity contribution in [3.63, 3.8) is 0 Å². The van der Waals surface area contributed by atoms with Crippen LogP contribution >= 0.6 is 0 Å². The number of rotatable bonds is 7. The Labute approximate surface area is 101 Å². The van der Waals surface area contributed by atoms with E-state index in [9.17, 15) is 5.11 Å². The summed E-state index contributed by atoms with van der Waals surface area (Å²) in [5.41, 5.74) is 2.05. The molecule has 0 spiro atoms. The van der Waals surface area contributed by atoms with Crippen molar-refractivity contribution >= 4 is 0 Å². The third-order valence-corrected chi connectivity index (χ3v) is 2.67. The Kier molecular flexibility index (Phi) is 7.07. The molecule has 0 aromatic heterocycles. The van der Waals surface area contributed by atoms with E-state index in [1.165, 1.54) is 11.1 Å². The lowest BCUT2D eigenvalue weighted by atomic mass is 9.99. The average Bonchev–Trinajstić information content (AvgIpc) is 2.17. The predicted molar refractivity (Wildman–Crippen MR) is 72.5 cm³/mol. The Morgan fingerprint density at radius 1 is 1.19 bits per heavy atom. The molecule has 0 aromatic rings. The SMILES string of the molecule is C=C[C@](C)(O)CC/C=C(\C)CCC=C(C)C. The van der Waals surface area contributed by atoms with E-state index in [2.05, 4.69) is 39.5 Å². The summed E-state index contributed by atoms with van der Waals surface area (Å²) in [5.74, 6) is 0. The molecule has 1 atom stereocenters. The Balaban J connectivity index is 3.88. The molecule has 0 rings (SSSR count). The van der Waals surface area contributed by atoms with Gasteiger partial charge in [0.25, 0.3) is 0 Å². The Morgan fingerprint density at radius 2 is 1.81 bits per heavy atom. The third-order valence-electron chi connectivity index (χ3n) is 2.67. The highest BCUT2D eigenvalue weighted by Gasteiger charge is 2.12. The monoisotopic (exact) mass is 222 g/mol. The molecule has 0 aromatic carbocycles. The predicted octanol–water partition coefficient (Wildman–Crippen LogP) is 4.40. The summed E-state index contributed by atoms with van der Waals surface area (Å²) in [7, 11) is 0. The van der Waals surface area contributed by atoms with Crippen molar-refractivity contribution < 1.29 is 5.11 Å². The topological polar surface area (TPSA) is 20.2 Å². The number of aliphatic hydroxyl groups is 1. The molecule has 1 N–H and O–H groups in total. The molecule has 1 nitrogen and oxygen atoms in total. The van der Waals surface area contributed by atoms with E-state index in [-0.39, 0.29) is 0 Å². The molecule has 0 saturated carbocycles. The quantitative estimate of drug-likeness (QED) is 0.633. The first-order chi connectivity index (χ1) is 7.37. The molecule has 0 unspecified atom stereocenters. The van der Waals surface area contributed by atoms with Gasteiger partial charge in [0.15, 0.2) is 0 Å². The first-order valence-electron chi connectivity index (χ1n) is 6.02. The van der Waals surface area contributed by atoms with Crippen LogP contribution in [0.2, 0.25) is 0 Å². The maximum absolute atomic E-state index is 9.73. The first-order valence-corrected chi connectivity index (χ1v) is 6.02. The van der Waals surface area contributed by atoms with E-state index < -0.39 is 5.60 Å². The zero-order valence-corrected chi connectivity index (χ0v) is 11.2. The lowest BCUT2D eigenvalue weighted by molar-refractivity contribution is 0.103. The van der Waals surface area contributed by atoms with Gasteiger partial charge in [-0.05, 0) is 53.4 Å². The number of hydrogen-bond acceptors (Lipinski definition) is 1. The molecule has 16 heavy (non-hydrogen) atoms. The van der Waals surface area contributed by atoms with Crippen molar-refractivity contribution in [2.24, 2.45) is 0 Å². The molecule has 0 bridgehead atoms. The molecule has 1 heteroatoms. The van der Waals surface area contributed by atoms with Crippen molar-refractivity contribution in [2.45, 2.75) is 59.0 Å². The fourth-order valence-corrected chi connectivity index (χ4v) is 1.40. The van der Waals surface area contributed by atoms with Gasteiger partial charge in [-0.3, -0.25) is 0 Å². The van der Waals surface area contributed by atoms with Crippen LogP contribution in [0.3, 0.4) is 0 Å². The largest absolute Gasteiger partial charge is 0.386 e. The van der Waals surface area contributed by atoms with Crippen LogP contribution < -0.4 is 0 Å². The maximum Gasteiger partial charge on any atom is 0.0800 e. The van der Waals surface area contributed by atoms with Crippen LogP contribution in [0.1, 0.15) is 53.4 Å². The Bertz CT molecular complexity index is 265. The van der Waals surface area contributed by atoms with Gasteiger partial charge in [-0.1, -0.05) is 29.4 Å². The smallest absolute Gasteiger partial charge is 0.0800 e. The Hall–Kier alpha value is -0.820. The van der Waals surface area contributed by atoms with Crippen molar-refractivity contribution in [2.75, 3.05) is 0 Å². The van der Waals surface area contributed by atoms with Gasteiger partial charge in [-0.15, -0.1) is 6.58 Å². The van der Waals surface area contributed by atoms with Gasteiger partial charge in [-0.2, -0.15) is 0 Å². The summed E-state index contributed by atoms with van der Waals surface area (Å²) in [6.45, 7) is 11.8. The third kappa shape index (κ3) is 8.49. The average molecular weight is 222 g/mol. The molecule has 0 aliphatic heterocycles. The summed E-state index contributed by atoms with van der Waals surface area (Å²) >= 11 is 0. The van der Waals surface area contributed by atoms with Gasteiger partial charge >= 0.3 is 0 Å². The zero-order valence-electron chi connectivity index (χ0n) is 11.2. The molecule has 0 amide bonds. The van der Waals surface area contributed by atoms with Crippen molar-refractivity contribution in [1.82, 2.24) is 0 Å². The van der Waals surface area contributed by atoms with Gasteiger partial charge in [0.05, 0.1) is 5.60 Å². The number of hydrogen-bond donors (Lipinski definition) is 1. The minimum absolute atomic E-state index is 0.726. The molecule has 0 fully saturated rings. The summed E-state index contributed by atoms with van der Waals surface area (Å²) in [6, 6.07) is 0. The van der Waals surface area contributed by atoms with Crippen LogP contribution in [0, 0.1) is 0 Å². The normalized spacial score (nSPS) is 15.4. The summed E-state index contributed by atoms with van der Waals surface area (Å²) in [4.78, 5) is 0. The van der Waals surface area contributed by atoms with Crippen LogP contribution in [-0.4, -0.2) is 10.7 Å². The fraction of sp³-hybridized carbons (Fsp3) is 0.600. The highest BCUT2D eigenvalue weighted by Crippen LogP contribution is 2.15. The second-order valence-corrected chi connectivity index (χ2v) is 4.97. The van der Waals surface area contributed by atoms with Crippen molar-refractivity contribution in [3.8, 4) is 0 Å². The maximum atomic E-state index is 9.73. The molecular formula is C15H26O. The molecule has 92 valence electrons. The molecular weight excluding hydrogens is 196 g/mol. The molecule has 0 radical (unpaired) electrons. The highest BCUT2D eigenvalue weighted by molar-refractivity contribution is 5.03. The summed E-state index contributed by atoms with van der Waals surface area (Å²) in [5, 5.41) is 9.73. The number of allylic oxidation sites excluding steroid dienone is 4. The van der Waals surface area contributed by atoms with Crippen LogP contribution in [0.5, 0.6) is 0 Å². The molecule has 0 heterocycles. The standard InChI is InChI=1S/C15H26O/c1-6-15(5,16)12-8-11-14(4)10-7-9-13(2)3/h6,9,11,16H,1,7-8,10,12H2,2-5H3/b14-11+/t15-/m0/s1. The van der Waals surface area contributed by atoms with Crippen LogP contribution in [0.15, 0.2) is 36.0 Å². The fourth-order valence-electron chi connectivity index (χ4n) is 1.40. The van der Waals surface area contributed by atoms with E-state index in [1.807, 2.05) is 0 Å². The van der Waals surface area contributed by atoms with Crippen LogP contribution in [0.4, 0.5) is 0 Å². The highest BCUT2D eigenvalue weighted by atomic mass is 16.3. The van der Waals surface area contributed by atoms with Gasteiger partial charge < -0.3 is 5.11 Å². The van der Waals surface area contributed by atoms with Gasteiger partial charge in [0, 0.05) is 0 Å². The van der Waals surface area contributed by atoms with Gasteiger partial charge in [0.1, 0.15) is 0 Å². The van der Waals surface area contributed by atoms with Gasteiger partial charge in [-0.25, -0.2) is 0 Å². The second-order valence-electron chi connectivity index (χ2n) is 4.97. The Morgan fingerprint density at radius 3 is 2.31 bits per heavy atom. The van der Waals surface area contributed by atoms with E-state index in [0.29, 0.717) is 0 Å². The van der Waals surface area contributed by atoms with Crippen LogP contribution in [0.25, 0.3) is 0 Å². The first kappa shape index (κ1) is 15.2. The minimum Gasteiger partial charge on any atom is -0.386 e. The second kappa shape index (κ2) is 7.45. The molecule has 0 aliphatic rings.